The molecular weight excluding hydrogens is 314 g/mol. The number of nitrogens with one attached hydrogen (secondary N) is 2. The van der Waals surface area contributed by atoms with Gasteiger partial charge in [-0.1, -0.05) is 6.07 Å². The molecule has 1 aliphatic rings. The third-order valence-electron chi connectivity index (χ3n) is 3.68. The van der Waals surface area contributed by atoms with Gasteiger partial charge in [-0.05, 0) is 66.8 Å². The van der Waals surface area contributed by atoms with E-state index in [9.17, 15) is 4.79 Å². The van der Waals surface area contributed by atoms with Gasteiger partial charge in [-0.3, -0.25) is 5.41 Å². The average Bonchev–Trinajstić information content (AvgIpc) is 2.95. The molecule has 3 rings (SSSR count). The number of ether oxygens (including phenoxy) is 1. The van der Waals surface area contributed by atoms with Crippen LogP contribution in [0.1, 0.15) is 27.9 Å². The van der Waals surface area contributed by atoms with Crippen molar-refractivity contribution in [2.24, 2.45) is 5.73 Å². The molecule has 0 spiro atoms. The molecule has 0 aromatic heterocycles. The summed E-state index contributed by atoms with van der Waals surface area (Å²) in [5.41, 5.74) is 8.97. The summed E-state index contributed by atoms with van der Waals surface area (Å²) in [6.45, 7) is 0. The topological polar surface area (TPSA) is 88.2 Å². The molecule has 120 valence electrons. The highest BCUT2D eigenvalue weighted by atomic mass is 35.5. The van der Waals surface area contributed by atoms with Gasteiger partial charge in [0.1, 0.15) is 5.75 Å². The summed E-state index contributed by atoms with van der Waals surface area (Å²) < 4.78 is 5.42. The molecule has 0 aliphatic heterocycles. The van der Waals surface area contributed by atoms with E-state index < -0.39 is 5.97 Å². The number of nitrogens with two attached hydrogens (primary N) is 1. The third-order valence-corrected chi connectivity index (χ3v) is 3.68. The number of hydrogen-bond donors (Lipinski definition) is 3. The van der Waals surface area contributed by atoms with Crippen LogP contribution < -0.4 is 15.8 Å². The van der Waals surface area contributed by atoms with Gasteiger partial charge in [0.15, 0.2) is 5.96 Å². The first-order valence-electron chi connectivity index (χ1n) is 7.17. The Balaban J connectivity index is 0.00000192. The van der Waals surface area contributed by atoms with Crippen molar-refractivity contribution in [1.29, 1.82) is 5.41 Å². The second-order valence-electron chi connectivity index (χ2n) is 5.29. The standard InChI is InChI=1S/C17H17N3O2.ClH/c18-17(19)20-14-7-4-12(5-8-14)16(21)22-15-9-6-11-2-1-3-13(11)10-15;/h4-10H,1-3H2,(H4,18,19,20);1H. The van der Waals surface area contributed by atoms with Gasteiger partial charge in [-0.2, -0.15) is 0 Å². The number of halogens is 1. The first kappa shape index (κ1) is 16.8. The molecule has 0 unspecified atom stereocenters. The number of esters is 1. The molecule has 0 atom stereocenters. The molecule has 0 bridgehead atoms. The van der Waals surface area contributed by atoms with Gasteiger partial charge in [-0.25, -0.2) is 4.79 Å². The van der Waals surface area contributed by atoms with Crippen molar-refractivity contribution in [1.82, 2.24) is 0 Å². The minimum Gasteiger partial charge on any atom is -0.423 e. The minimum atomic E-state index is -0.396. The van der Waals surface area contributed by atoms with Gasteiger partial charge < -0.3 is 15.8 Å². The van der Waals surface area contributed by atoms with Crippen molar-refractivity contribution in [3.05, 3.63) is 59.2 Å². The van der Waals surface area contributed by atoms with Gasteiger partial charge in [0.2, 0.25) is 0 Å². The average molecular weight is 332 g/mol. The van der Waals surface area contributed by atoms with Crippen LogP contribution in [-0.4, -0.2) is 11.9 Å². The zero-order chi connectivity index (χ0) is 15.5. The summed E-state index contributed by atoms with van der Waals surface area (Å²) in [7, 11) is 0. The fourth-order valence-electron chi connectivity index (χ4n) is 2.62. The van der Waals surface area contributed by atoms with E-state index in [1.54, 1.807) is 24.3 Å². The number of fused-ring (bicyclic) bond motifs is 1. The number of rotatable bonds is 3. The molecule has 4 N–H and O–H groups in total. The summed E-state index contributed by atoms with van der Waals surface area (Å²) in [5, 5.41) is 9.81. The molecule has 2 aromatic carbocycles. The first-order chi connectivity index (χ1) is 10.6. The highest BCUT2D eigenvalue weighted by molar-refractivity contribution is 5.93. The molecule has 0 fully saturated rings. The largest absolute Gasteiger partial charge is 0.423 e. The molecule has 2 aromatic rings. The zero-order valence-electron chi connectivity index (χ0n) is 12.5. The number of carbonyl (C=O) groups is 1. The third kappa shape index (κ3) is 4.02. The predicted octanol–water partition coefficient (Wildman–Crippen LogP) is 3.12. The molecule has 0 saturated carbocycles. The van der Waals surface area contributed by atoms with Gasteiger partial charge >= 0.3 is 5.97 Å². The van der Waals surface area contributed by atoms with E-state index in [1.807, 2.05) is 18.2 Å². The van der Waals surface area contributed by atoms with Crippen LogP contribution in [-0.2, 0) is 12.8 Å². The molecule has 6 heteroatoms. The van der Waals surface area contributed by atoms with E-state index in [2.05, 4.69) is 5.32 Å². The van der Waals surface area contributed by atoms with E-state index >= 15 is 0 Å². The predicted molar refractivity (Wildman–Crippen MR) is 92.7 cm³/mol. The monoisotopic (exact) mass is 331 g/mol. The van der Waals surface area contributed by atoms with Crippen LogP contribution in [0.3, 0.4) is 0 Å². The molecule has 0 radical (unpaired) electrons. The van der Waals surface area contributed by atoms with Crippen molar-refractivity contribution in [3.8, 4) is 5.75 Å². The van der Waals surface area contributed by atoms with E-state index in [1.165, 1.54) is 11.1 Å². The summed E-state index contributed by atoms with van der Waals surface area (Å²) in [4.78, 5) is 12.1. The van der Waals surface area contributed by atoms with Crippen molar-refractivity contribution < 1.29 is 9.53 Å². The van der Waals surface area contributed by atoms with Crippen LogP contribution in [0.25, 0.3) is 0 Å². The first-order valence-corrected chi connectivity index (χ1v) is 7.17. The number of anilines is 1. The quantitative estimate of drug-likeness (QED) is 0.349. The second kappa shape index (κ2) is 7.15. The smallest absolute Gasteiger partial charge is 0.343 e. The molecular formula is C17H18ClN3O2. The van der Waals surface area contributed by atoms with Gasteiger partial charge in [-0.15, -0.1) is 12.4 Å². The number of benzene rings is 2. The van der Waals surface area contributed by atoms with Crippen LogP contribution in [0.15, 0.2) is 42.5 Å². The Labute approximate surface area is 140 Å². The summed E-state index contributed by atoms with van der Waals surface area (Å²) in [6, 6.07) is 12.5. The Morgan fingerprint density at radius 3 is 2.48 bits per heavy atom. The van der Waals surface area contributed by atoms with E-state index in [-0.39, 0.29) is 18.4 Å². The minimum absolute atomic E-state index is 0. The second-order valence-corrected chi connectivity index (χ2v) is 5.29. The molecule has 0 saturated heterocycles. The van der Waals surface area contributed by atoms with Crippen molar-refractivity contribution in [3.63, 3.8) is 0 Å². The lowest BCUT2D eigenvalue weighted by Crippen LogP contribution is -2.20. The maximum Gasteiger partial charge on any atom is 0.343 e. The normalized spacial score (nSPS) is 12.0. The summed E-state index contributed by atoms with van der Waals surface area (Å²) in [6.07, 6.45) is 3.32. The van der Waals surface area contributed by atoms with Crippen molar-refractivity contribution >= 4 is 30.0 Å². The van der Waals surface area contributed by atoms with Gasteiger partial charge in [0.05, 0.1) is 5.56 Å². The Morgan fingerprint density at radius 1 is 1.09 bits per heavy atom. The SMILES string of the molecule is Cl.N=C(N)Nc1ccc(C(=O)Oc2ccc3c(c2)CCC3)cc1. The molecule has 23 heavy (non-hydrogen) atoms. The highest BCUT2D eigenvalue weighted by Gasteiger charge is 2.14. The van der Waals surface area contributed by atoms with Crippen LogP contribution in [0.4, 0.5) is 5.69 Å². The summed E-state index contributed by atoms with van der Waals surface area (Å²) in [5.74, 6) is 0.0392. The molecule has 5 nitrogen and oxygen atoms in total. The Hall–Kier alpha value is -2.53. The van der Waals surface area contributed by atoms with Crippen LogP contribution in [0, 0.1) is 5.41 Å². The van der Waals surface area contributed by atoms with Crippen molar-refractivity contribution in [2.75, 3.05) is 5.32 Å². The molecule has 0 heterocycles. The fraction of sp³-hybridized carbons (Fsp3) is 0.176. The lowest BCUT2D eigenvalue weighted by atomic mass is 10.1. The number of guanidine groups is 1. The lowest BCUT2D eigenvalue weighted by molar-refractivity contribution is 0.0734. The molecule has 0 amide bonds. The Kier molecular flexibility index (Phi) is 5.24. The van der Waals surface area contributed by atoms with Crippen LogP contribution in [0.5, 0.6) is 5.75 Å². The molecule has 1 aliphatic carbocycles. The van der Waals surface area contributed by atoms with E-state index in [0.717, 1.165) is 19.3 Å². The van der Waals surface area contributed by atoms with E-state index in [4.69, 9.17) is 15.9 Å². The van der Waals surface area contributed by atoms with Gasteiger partial charge in [0.25, 0.3) is 0 Å². The fourth-order valence-corrected chi connectivity index (χ4v) is 2.62. The highest BCUT2D eigenvalue weighted by Crippen LogP contribution is 2.26. The van der Waals surface area contributed by atoms with E-state index in [0.29, 0.717) is 17.0 Å². The lowest BCUT2D eigenvalue weighted by Gasteiger charge is -2.08. The Morgan fingerprint density at radius 2 is 1.78 bits per heavy atom. The maximum absolute atomic E-state index is 12.1. The summed E-state index contributed by atoms with van der Waals surface area (Å²) >= 11 is 0. The number of carbonyl (C=O) groups excluding carboxylic acids is 1. The van der Waals surface area contributed by atoms with Gasteiger partial charge in [0, 0.05) is 5.69 Å². The number of aryl methyl sites for hydroxylation is 2. The Bertz CT molecular complexity index is 729. The van der Waals surface area contributed by atoms with Crippen LogP contribution in [0.2, 0.25) is 0 Å². The van der Waals surface area contributed by atoms with Crippen LogP contribution >= 0.6 is 12.4 Å². The van der Waals surface area contributed by atoms with Crippen molar-refractivity contribution in [2.45, 2.75) is 19.3 Å². The number of hydrogen-bond acceptors (Lipinski definition) is 3. The maximum atomic E-state index is 12.1. The zero-order valence-corrected chi connectivity index (χ0v) is 13.3.